The van der Waals surface area contributed by atoms with E-state index in [0.717, 1.165) is 167 Å². The molecular formula is C89H152O16P2. The quantitative estimate of drug-likeness (QED) is 0.0146. The summed E-state index contributed by atoms with van der Waals surface area (Å²) < 4.78 is 61.2. The van der Waals surface area contributed by atoms with Crippen LogP contribution in [0.2, 0.25) is 0 Å². The third-order valence-electron chi connectivity index (χ3n) is 17.5. The number of rotatable bonds is 79. The van der Waals surface area contributed by atoms with Crippen LogP contribution in [0.4, 0.5) is 0 Å². The number of phosphoric acid groups is 2. The number of carbonyl (C=O) groups excluding carboxylic acids is 3. The average molecular weight is 1540 g/mol. The molecule has 614 valence electrons. The maximum Gasteiger partial charge on any atom is 0.472 e. The molecule has 0 aromatic heterocycles. The molecule has 0 aromatic rings. The van der Waals surface area contributed by atoms with Gasteiger partial charge in [-0.3, -0.25) is 32.5 Å². The monoisotopic (exact) mass is 1540 g/mol. The summed E-state index contributed by atoms with van der Waals surface area (Å²) in [7, 11) is -9.80. The lowest BCUT2D eigenvalue weighted by Gasteiger charge is -2.21. The number of allylic oxidation sites excluding steroid dienone is 24. The Balaban J connectivity index is 4.45. The second-order valence-electron chi connectivity index (χ2n) is 27.9. The van der Waals surface area contributed by atoms with Crippen LogP contribution < -0.4 is 0 Å². The molecule has 0 fully saturated rings. The molecule has 5 atom stereocenters. The molecule has 0 aliphatic carbocycles. The standard InChI is InChI=1S/C89H152O16P2/c1-4-7-10-13-16-19-22-25-27-29-31-33-35-37-38-39-40-41-42-43-44-46-48-49-51-53-55-58-60-63-66-69-72-75-87(92)99-78-84(90)79-101-106(95,96)102-80-85(91)81-103-107(97,98)104-83-86(105-89(94)77-74-71-68-65-62-57-24-21-18-15-12-9-6-3)82-100-88(93)76-73-70-67-64-61-59-56-54-52-50-47-45-36-34-32-30-28-26-23-20-17-14-11-8-5-2/h8,11-12,15-17,19-21,24-28,31-34,37-38,45,47,52,54,84-86,90-91H,4-7,9-10,13-14,18,22-23,29-30,35-36,39-44,46,48-51,53,55-83H2,1-3H3,(H,95,96)(H,97,98)/b11-8-,15-12-,19-16-,20-17-,24-21-,27-25-,28-26-,33-31-,34-32-,38-37-,47-45-,54-52-. The van der Waals surface area contributed by atoms with E-state index in [1.807, 2.05) is 0 Å². The summed E-state index contributed by atoms with van der Waals surface area (Å²) in [6.45, 7) is 2.45. The SMILES string of the molecule is CC/C=C\C/C=C\C/C=C\C/C=C\C/C=C\C/C=C\CCCCCCCCC(=O)OCC(COP(=O)(O)OCC(O)COP(=O)(O)OCC(O)COC(=O)CCCCCCCCCCCCCCCCCCC/C=C\C/C=C\C/C=C\C/C=C\CCCCC)OC(=O)CCCCCCC/C=C\C/C=C\CCC. The first-order chi connectivity index (χ1) is 52.2. The van der Waals surface area contributed by atoms with Gasteiger partial charge in [0, 0.05) is 19.3 Å². The number of aliphatic hydroxyl groups excluding tert-OH is 2. The van der Waals surface area contributed by atoms with Gasteiger partial charge < -0.3 is 34.2 Å². The highest BCUT2D eigenvalue weighted by atomic mass is 31.2. The Morgan fingerprint density at radius 1 is 0.271 bits per heavy atom. The largest absolute Gasteiger partial charge is 0.472 e. The predicted molar refractivity (Wildman–Crippen MR) is 445 cm³/mol. The van der Waals surface area contributed by atoms with Gasteiger partial charge in [-0.15, -0.1) is 0 Å². The number of hydrogen-bond donors (Lipinski definition) is 4. The summed E-state index contributed by atoms with van der Waals surface area (Å²) in [4.78, 5) is 58.7. The molecule has 0 aromatic carbocycles. The average Bonchev–Trinajstić information content (AvgIpc) is 0.920. The van der Waals surface area contributed by atoms with Crippen LogP contribution in [0.25, 0.3) is 0 Å². The first kappa shape index (κ1) is 102. The van der Waals surface area contributed by atoms with Gasteiger partial charge in [-0.2, -0.15) is 0 Å². The molecular weight excluding hydrogens is 1390 g/mol. The van der Waals surface area contributed by atoms with Crippen LogP contribution in [-0.4, -0.2) is 95.9 Å². The molecule has 0 bridgehead atoms. The van der Waals surface area contributed by atoms with Crippen LogP contribution in [-0.2, 0) is 55.8 Å². The van der Waals surface area contributed by atoms with Gasteiger partial charge in [0.1, 0.15) is 25.4 Å². The van der Waals surface area contributed by atoms with E-state index in [1.165, 1.54) is 116 Å². The van der Waals surface area contributed by atoms with Crippen LogP contribution in [0.1, 0.15) is 342 Å². The van der Waals surface area contributed by atoms with Crippen molar-refractivity contribution in [2.24, 2.45) is 0 Å². The lowest BCUT2D eigenvalue weighted by atomic mass is 10.0. The molecule has 0 saturated heterocycles. The molecule has 0 aliphatic heterocycles. The van der Waals surface area contributed by atoms with Gasteiger partial charge in [0.25, 0.3) is 0 Å². The Morgan fingerprint density at radius 2 is 0.514 bits per heavy atom. The topological polar surface area (TPSA) is 231 Å². The van der Waals surface area contributed by atoms with Crippen molar-refractivity contribution >= 4 is 33.6 Å². The summed E-state index contributed by atoms with van der Waals surface area (Å²) >= 11 is 0. The minimum absolute atomic E-state index is 0.0812. The van der Waals surface area contributed by atoms with Crippen molar-refractivity contribution in [1.29, 1.82) is 0 Å². The second kappa shape index (κ2) is 80.9. The zero-order valence-electron chi connectivity index (χ0n) is 67.3. The minimum atomic E-state index is -4.94. The predicted octanol–water partition coefficient (Wildman–Crippen LogP) is 25.2. The number of hydrogen-bond acceptors (Lipinski definition) is 14. The van der Waals surface area contributed by atoms with Gasteiger partial charge in [0.2, 0.25) is 0 Å². The molecule has 0 saturated carbocycles. The number of carbonyl (C=O) groups is 3. The first-order valence-electron chi connectivity index (χ1n) is 42.1. The first-order valence-corrected chi connectivity index (χ1v) is 45.1. The summed E-state index contributed by atoms with van der Waals surface area (Å²) in [5, 5.41) is 20.7. The third-order valence-corrected chi connectivity index (χ3v) is 19.4. The summed E-state index contributed by atoms with van der Waals surface area (Å²) in [6.07, 6.45) is 101. The van der Waals surface area contributed by atoms with Crippen LogP contribution in [0.15, 0.2) is 146 Å². The van der Waals surface area contributed by atoms with Gasteiger partial charge in [-0.05, 0) is 141 Å². The highest BCUT2D eigenvalue weighted by Gasteiger charge is 2.29. The Hall–Kier alpha value is -4.57. The molecule has 0 heterocycles. The van der Waals surface area contributed by atoms with E-state index < -0.39 is 91.5 Å². The number of esters is 3. The zero-order valence-corrected chi connectivity index (χ0v) is 69.1. The third kappa shape index (κ3) is 82.2. The van der Waals surface area contributed by atoms with E-state index in [9.17, 15) is 43.5 Å². The Kier molecular flexibility index (Phi) is 77.5. The minimum Gasteiger partial charge on any atom is -0.463 e. The molecule has 18 heteroatoms. The van der Waals surface area contributed by atoms with E-state index in [4.69, 9.17) is 32.3 Å². The fourth-order valence-electron chi connectivity index (χ4n) is 11.1. The number of ether oxygens (including phenoxy) is 3. The maximum atomic E-state index is 13.0. The lowest BCUT2D eigenvalue weighted by Crippen LogP contribution is -2.30. The lowest BCUT2D eigenvalue weighted by molar-refractivity contribution is -0.161. The van der Waals surface area contributed by atoms with Gasteiger partial charge in [0.05, 0.1) is 26.4 Å². The van der Waals surface area contributed by atoms with Crippen molar-refractivity contribution in [2.45, 2.75) is 360 Å². The van der Waals surface area contributed by atoms with E-state index in [2.05, 4.69) is 167 Å². The van der Waals surface area contributed by atoms with Crippen LogP contribution in [0.3, 0.4) is 0 Å². The molecule has 0 amide bonds. The van der Waals surface area contributed by atoms with E-state index >= 15 is 0 Å². The maximum absolute atomic E-state index is 13.0. The molecule has 4 N–H and O–H groups in total. The van der Waals surface area contributed by atoms with E-state index in [-0.39, 0.29) is 19.3 Å². The summed E-state index contributed by atoms with van der Waals surface area (Å²) in [5.41, 5.74) is 0. The van der Waals surface area contributed by atoms with Crippen molar-refractivity contribution in [3.8, 4) is 0 Å². The molecule has 0 spiro atoms. The fourth-order valence-corrected chi connectivity index (χ4v) is 12.7. The van der Waals surface area contributed by atoms with Crippen molar-refractivity contribution in [3.05, 3.63) is 146 Å². The van der Waals surface area contributed by atoms with Gasteiger partial charge in [0.15, 0.2) is 6.10 Å². The van der Waals surface area contributed by atoms with Crippen molar-refractivity contribution in [3.63, 3.8) is 0 Å². The second-order valence-corrected chi connectivity index (χ2v) is 30.8. The van der Waals surface area contributed by atoms with Gasteiger partial charge in [-0.25, -0.2) is 9.13 Å². The number of phosphoric ester groups is 2. The highest BCUT2D eigenvalue weighted by Crippen LogP contribution is 2.45. The molecule has 0 rings (SSSR count). The molecule has 107 heavy (non-hydrogen) atoms. The van der Waals surface area contributed by atoms with Gasteiger partial charge >= 0.3 is 33.6 Å². The van der Waals surface area contributed by atoms with Crippen molar-refractivity contribution in [2.75, 3.05) is 39.6 Å². The summed E-state index contributed by atoms with van der Waals surface area (Å²) in [5.74, 6) is -1.61. The van der Waals surface area contributed by atoms with Crippen LogP contribution in [0.5, 0.6) is 0 Å². The van der Waals surface area contributed by atoms with E-state index in [0.29, 0.717) is 19.3 Å². The Labute approximate surface area is 651 Å². The molecule has 0 aliphatic rings. The van der Waals surface area contributed by atoms with Crippen LogP contribution >= 0.6 is 15.6 Å². The molecule has 16 nitrogen and oxygen atoms in total. The van der Waals surface area contributed by atoms with Gasteiger partial charge in [-0.1, -0.05) is 327 Å². The highest BCUT2D eigenvalue weighted by molar-refractivity contribution is 7.47. The smallest absolute Gasteiger partial charge is 0.463 e. The zero-order chi connectivity index (χ0) is 78.0. The Morgan fingerprint density at radius 3 is 0.822 bits per heavy atom. The normalized spacial score (nSPS) is 14.6. The molecule has 0 radical (unpaired) electrons. The molecule has 5 unspecified atom stereocenters. The van der Waals surface area contributed by atoms with E-state index in [1.54, 1.807) is 0 Å². The van der Waals surface area contributed by atoms with Crippen molar-refractivity contribution < 1.29 is 75.8 Å². The summed E-state index contributed by atoms with van der Waals surface area (Å²) in [6, 6.07) is 0. The Bertz CT molecular complexity index is 2530. The fraction of sp³-hybridized carbons (Fsp3) is 0.697. The van der Waals surface area contributed by atoms with Crippen LogP contribution in [0, 0.1) is 0 Å². The number of aliphatic hydroxyl groups is 2. The van der Waals surface area contributed by atoms with Crippen molar-refractivity contribution in [1.82, 2.24) is 0 Å². The number of unbranched alkanes of at least 4 members (excludes halogenated alkanes) is 32.